The molecule has 1 atom stereocenters. The summed E-state index contributed by atoms with van der Waals surface area (Å²) < 4.78 is 0. The van der Waals surface area contributed by atoms with Gasteiger partial charge in [0, 0.05) is 6.20 Å². The number of hydrogen-bond donors (Lipinski definition) is 2. The highest BCUT2D eigenvalue weighted by atomic mass is 32.2. The molecular weight excluding hydrogens is 290 g/mol. The average Bonchev–Trinajstić information content (AvgIpc) is 2.45. The van der Waals surface area contributed by atoms with Gasteiger partial charge in [0.2, 0.25) is 5.91 Å². The number of amides is 1. The molecule has 0 aliphatic heterocycles. The molecule has 1 heterocycles. The third-order valence-corrected chi connectivity index (χ3v) is 4.06. The molecule has 1 aromatic heterocycles. The van der Waals surface area contributed by atoms with Crippen LogP contribution in [0.15, 0.2) is 23.4 Å². The van der Waals surface area contributed by atoms with Crippen LogP contribution in [0.2, 0.25) is 0 Å². The maximum Gasteiger partial charge on any atom is 0.337 e. The van der Waals surface area contributed by atoms with Gasteiger partial charge in [-0.1, -0.05) is 25.6 Å². The molecule has 0 aromatic carbocycles. The van der Waals surface area contributed by atoms with Crippen LogP contribution in [-0.2, 0) is 4.79 Å². The molecule has 0 aliphatic carbocycles. The van der Waals surface area contributed by atoms with Gasteiger partial charge in [-0.05, 0) is 25.0 Å². The lowest BCUT2D eigenvalue weighted by molar-refractivity contribution is -0.120. The van der Waals surface area contributed by atoms with Gasteiger partial charge in [-0.2, -0.15) is 5.26 Å². The van der Waals surface area contributed by atoms with Gasteiger partial charge >= 0.3 is 5.97 Å². The van der Waals surface area contributed by atoms with Crippen molar-refractivity contribution in [1.82, 2.24) is 10.3 Å². The monoisotopic (exact) mass is 307 g/mol. The summed E-state index contributed by atoms with van der Waals surface area (Å²) in [6.45, 7) is 5.41. The van der Waals surface area contributed by atoms with Crippen molar-refractivity contribution in [2.45, 2.75) is 31.3 Å². The summed E-state index contributed by atoms with van der Waals surface area (Å²) in [6, 6.07) is 5.09. The maximum absolute atomic E-state index is 11.9. The Hall–Kier alpha value is -2.07. The lowest BCUT2D eigenvalue weighted by Crippen LogP contribution is -2.49. The predicted molar refractivity (Wildman–Crippen MR) is 78.9 cm³/mol. The molecule has 21 heavy (non-hydrogen) atoms. The number of carbonyl (C=O) groups is 2. The van der Waals surface area contributed by atoms with Crippen molar-refractivity contribution in [2.75, 3.05) is 5.75 Å². The number of carbonyl (C=O) groups excluding carboxylic acids is 1. The molecule has 112 valence electrons. The Kier molecular flexibility index (Phi) is 5.73. The fourth-order valence-corrected chi connectivity index (χ4v) is 2.00. The average molecular weight is 307 g/mol. The van der Waals surface area contributed by atoms with Crippen LogP contribution in [0.5, 0.6) is 0 Å². The Balaban J connectivity index is 2.57. The number of hydrogen-bond acceptors (Lipinski definition) is 5. The summed E-state index contributed by atoms with van der Waals surface area (Å²) in [4.78, 5) is 26.5. The minimum Gasteiger partial charge on any atom is -0.478 e. The Bertz CT molecular complexity index is 566. The topological polar surface area (TPSA) is 103 Å². The van der Waals surface area contributed by atoms with E-state index in [9.17, 15) is 9.59 Å². The summed E-state index contributed by atoms with van der Waals surface area (Å²) in [5.74, 6) is -1.20. The van der Waals surface area contributed by atoms with Gasteiger partial charge in [-0.3, -0.25) is 4.79 Å². The zero-order valence-corrected chi connectivity index (χ0v) is 12.9. The number of carboxylic acids is 1. The largest absolute Gasteiger partial charge is 0.478 e. The van der Waals surface area contributed by atoms with Crippen LogP contribution in [0.1, 0.15) is 31.1 Å². The minimum atomic E-state index is -1.04. The second-order valence-corrected chi connectivity index (χ2v) is 5.99. The molecular formula is C14H17N3O3S. The van der Waals surface area contributed by atoms with Gasteiger partial charge in [0.05, 0.1) is 22.4 Å². The molecule has 0 saturated heterocycles. The number of nitrogens with zero attached hydrogens (tertiary/aromatic N) is 2. The molecule has 0 fully saturated rings. The highest BCUT2D eigenvalue weighted by Gasteiger charge is 2.29. The van der Waals surface area contributed by atoms with E-state index in [-0.39, 0.29) is 23.1 Å². The van der Waals surface area contributed by atoms with Gasteiger partial charge in [-0.25, -0.2) is 9.78 Å². The summed E-state index contributed by atoms with van der Waals surface area (Å²) in [7, 11) is 0. The van der Waals surface area contributed by atoms with E-state index in [1.165, 1.54) is 24.0 Å². The first-order valence-corrected chi connectivity index (χ1v) is 7.31. The Morgan fingerprint density at radius 3 is 2.62 bits per heavy atom. The maximum atomic E-state index is 11.9. The fraction of sp³-hybridized carbons (Fsp3) is 0.429. The lowest BCUT2D eigenvalue weighted by atomic mass is 9.90. The smallest absolute Gasteiger partial charge is 0.337 e. The van der Waals surface area contributed by atoms with Crippen molar-refractivity contribution < 1.29 is 14.7 Å². The van der Waals surface area contributed by atoms with E-state index in [0.29, 0.717) is 5.03 Å². The summed E-state index contributed by atoms with van der Waals surface area (Å²) >= 11 is 1.19. The van der Waals surface area contributed by atoms with Crippen LogP contribution in [0.25, 0.3) is 0 Å². The molecule has 1 rings (SSSR count). The van der Waals surface area contributed by atoms with E-state index in [0.717, 1.165) is 0 Å². The minimum absolute atomic E-state index is 0.00979. The predicted octanol–water partition coefficient (Wildman–Crippen LogP) is 1.93. The van der Waals surface area contributed by atoms with Crippen molar-refractivity contribution in [1.29, 1.82) is 5.26 Å². The zero-order chi connectivity index (χ0) is 16.0. The fourth-order valence-electron chi connectivity index (χ4n) is 1.36. The van der Waals surface area contributed by atoms with Crippen molar-refractivity contribution in [3.63, 3.8) is 0 Å². The molecule has 0 aliphatic rings. The van der Waals surface area contributed by atoms with Crippen LogP contribution in [0.3, 0.4) is 0 Å². The molecule has 0 spiro atoms. The number of nitrogens with one attached hydrogen (secondary N) is 1. The molecule has 0 bridgehead atoms. The highest BCUT2D eigenvalue weighted by molar-refractivity contribution is 7.99. The Labute approximate surface area is 127 Å². The Morgan fingerprint density at radius 2 is 2.19 bits per heavy atom. The second kappa shape index (κ2) is 7.09. The van der Waals surface area contributed by atoms with Gasteiger partial charge in [-0.15, -0.1) is 0 Å². The van der Waals surface area contributed by atoms with Crippen LogP contribution in [0.4, 0.5) is 0 Å². The number of pyridine rings is 1. The first-order chi connectivity index (χ1) is 9.78. The van der Waals surface area contributed by atoms with Crippen molar-refractivity contribution in [2.24, 2.45) is 5.92 Å². The van der Waals surface area contributed by atoms with Crippen LogP contribution in [-0.4, -0.2) is 33.3 Å². The van der Waals surface area contributed by atoms with Gasteiger partial charge < -0.3 is 10.4 Å². The number of aromatic nitrogens is 1. The number of rotatable bonds is 6. The first-order valence-electron chi connectivity index (χ1n) is 6.33. The van der Waals surface area contributed by atoms with Crippen molar-refractivity contribution >= 4 is 23.6 Å². The van der Waals surface area contributed by atoms with Gasteiger partial charge in [0.25, 0.3) is 0 Å². The molecule has 7 heteroatoms. The molecule has 6 nitrogen and oxygen atoms in total. The summed E-state index contributed by atoms with van der Waals surface area (Å²) in [5.41, 5.74) is -0.807. The van der Waals surface area contributed by atoms with Crippen LogP contribution in [0, 0.1) is 17.2 Å². The van der Waals surface area contributed by atoms with E-state index in [1.54, 1.807) is 13.0 Å². The molecule has 1 aromatic rings. The number of nitriles is 1. The number of thioether (sulfide) groups is 1. The summed E-state index contributed by atoms with van der Waals surface area (Å²) in [5, 5.41) is 21.1. The van der Waals surface area contributed by atoms with E-state index in [2.05, 4.69) is 16.4 Å². The van der Waals surface area contributed by atoms with E-state index < -0.39 is 11.5 Å². The molecule has 1 unspecified atom stereocenters. The SMILES string of the molecule is CC(C)C(C)(C#N)NC(=O)CSc1ccc(C(=O)O)cn1. The number of aromatic carboxylic acids is 1. The van der Waals surface area contributed by atoms with Crippen LogP contribution >= 0.6 is 11.8 Å². The first kappa shape index (κ1) is 17.0. The van der Waals surface area contributed by atoms with Crippen molar-refractivity contribution in [3.05, 3.63) is 23.9 Å². The van der Waals surface area contributed by atoms with Crippen LogP contribution < -0.4 is 5.32 Å². The molecule has 2 N–H and O–H groups in total. The van der Waals surface area contributed by atoms with E-state index >= 15 is 0 Å². The van der Waals surface area contributed by atoms with Gasteiger partial charge in [0.15, 0.2) is 0 Å². The molecule has 0 saturated carbocycles. The zero-order valence-electron chi connectivity index (χ0n) is 12.1. The Morgan fingerprint density at radius 1 is 1.52 bits per heavy atom. The molecule has 0 radical (unpaired) electrons. The third kappa shape index (κ3) is 4.76. The highest BCUT2D eigenvalue weighted by Crippen LogP contribution is 2.18. The normalized spacial score (nSPS) is 13.3. The lowest BCUT2D eigenvalue weighted by Gasteiger charge is -2.27. The molecule has 1 amide bonds. The van der Waals surface area contributed by atoms with Gasteiger partial charge in [0.1, 0.15) is 5.54 Å². The third-order valence-electron chi connectivity index (χ3n) is 3.12. The second-order valence-electron chi connectivity index (χ2n) is 5.00. The summed E-state index contributed by atoms with van der Waals surface area (Å²) in [6.07, 6.45) is 1.25. The standard InChI is InChI=1S/C14H17N3O3S/c1-9(2)14(3,8-15)17-11(18)7-21-12-5-4-10(6-16-12)13(19)20/h4-6,9H,7H2,1-3H3,(H,17,18)(H,19,20). The van der Waals surface area contributed by atoms with Crippen molar-refractivity contribution in [3.8, 4) is 6.07 Å². The van der Waals surface area contributed by atoms with E-state index in [1.807, 2.05) is 13.8 Å². The number of carboxylic acid groups (broad SMARTS) is 1. The van der Waals surface area contributed by atoms with E-state index in [4.69, 9.17) is 10.4 Å². The quantitative estimate of drug-likeness (QED) is 0.778.